The predicted molar refractivity (Wildman–Crippen MR) is 81.9 cm³/mol. The minimum absolute atomic E-state index is 0.411. The molecule has 0 unspecified atom stereocenters. The van der Waals surface area contributed by atoms with Crippen molar-refractivity contribution in [1.29, 1.82) is 0 Å². The van der Waals surface area contributed by atoms with Gasteiger partial charge >= 0.3 is 0 Å². The van der Waals surface area contributed by atoms with Crippen molar-refractivity contribution in [3.8, 4) is 0 Å². The van der Waals surface area contributed by atoms with Gasteiger partial charge in [-0.1, -0.05) is 23.9 Å². The molecule has 1 amide bonds. The maximum Gasteiger partial charge on any atom is 0.248 e. The number of thioether (sulfide) groups is 1. The van der Waals surface area contributed by atoms with Gasteiger partial charge in [0, 0.05) is 23.2 Å². The number of nitrogen functional groups attached to an aromatic ring is 1. The van der Waals surface area contributed by atoms with Crippen LogP contribution in [0, 0.1) is 0 Å². The Kier molecular flexibility index (Phi) is 3.49. The number of carbonyl (C=O) groups excluding carboxylic acids is 1. The highest BCUT2D eigenvalue weighted by Gasteiger charge is 2.08. The molecular weight excluding hydrogens is 286 g/mol. The molecule has 3 aromatic rings. The van der Waals surface area contributed by atoms with Crippen LogP contribution in [0.1, 0.15) is 15.9 Å². The lowest BCUT2D eigenvalue weighted by molar-refractivity contribution is 0.100. The summed E-state index contributed by atoms with van der Waals surface area (Å²) in [5, 5.41) is 9.03. The molecule has 4 N–H and O–H groups in total. The number of aromatic nitrogens is 3. The Bertz CT molecular complexity index is 814. The summed E-state index contributed by atoms with van der Waals surface area (Å²) in [6.45, 7) is 0. The number of nitrogens with zero attached hydrogens (tertiary/aromatic N) is 3. The van der Waals surface area contributed by atoms with E-state index in [2.05, 4.69) is 10.2 Å². The summed E-state index contributed by atoms with van der Waals surface area (Å²) in [5.74, 6) is 0.157. The van der Waals surface area contributed by atoms with Crippen LogP contribution in [0.4, 0.5) is 5.69 Å². The Hall–Kier alpha value is -2.54. The van der Waals surface area contributed by atoms with Gasteiger partial charge in [-0.05, 0) is 29.8 Å². The first-order valence-corrected chi connectivity index (χ1v) is 7.24. The van der Waals surface area contributed by atoms with Crippen molar-refractivity contribution in [2.45, 2.75) is 10.9 Å². The number of primary amides is 1. The number of anilines is 1. The SMILES string of the molecule is NC(=O)c1ccc(CSc2nnc3ccccn23)c(N)c1. The van der Waals surface area contributed by atoms with Crippen molar-refractivity contribution in [3.05, 3.63) is 53.7 Å². The molecule has 106 valence electrons. The fraction of sp³-hybridized carbons (Fsp3) is 0.0714. The third-order valence-corrected chi connectivity index (χ3v) is 4.06. The molecule has 2 heterocycles. The van der Waals surface area contributed by atoms with E-state index in [4.69, 9.17) is 11.5 Å². The van der Waals surface area contributed by atoms with E-state index in [9.17, 15) is 4.79 Å². The van der Waals surface area contributed by atoms with Gasteiger partial charge in [-0.15, -0.1) is 10.2 Å². The average Bonchev–Trinajstić information content (AvgIpc) is 2.89. The van der Waals surface area contributed by atoms with Crippen molar-refractivity contribution in [2.75, 3.05) is 5.73 Å². The molecule has 21 heavy (non-hydrogen) atoms. The third-order valence-electron chi connectivity index (χ3n) is 3.07. The Morgan fingerprint density at radius 3 is 2.86 bits per heavy atom. The Morgan fingerprint density at radius 2 is 2.10 bits per heavy atom. The van der Waals surface area contributed by atoms with Gasteiger partial charge in [0.1, 0.15) is 0 Å². The number of nitrogens with two attached hydrogens (primary N) is 2. The maximum atomic E-state index is 11.1. The number of hydrogen-bond donors (Lipinski definition) is 2. The van der Waals surface area contributed by atoms with Crippen LogP contribution < -0.4 is 11.5 Å². The number of fused-ring (bicyclic) bond motifs is 1. The minimum Gasteiger partial charge on any atom is -0.398 e. The van der Waals surface area contributed by atoms with Crippen LogP contribution in [0.5, 0.6) is 0 Å². The molecule has 0 aliphatic rings. The van der Waals surface area contributed by atoms with Gasteiger partial charge in [0.2, 0.25) is 5.91 Å². The van der Waals surface area contributed by atoms with E-state index in [1.165, 1.54) is 11.8 Å². The first-order valence-electron chi connectivity index (χ1n) is 6.26. The lowest BCUT2D eigenvalue weighted by Crippen LogP contribution is -2.11. The Labute approximate surface area is 125 Å². The van der Waals surface area contributed by atoms with Crippen LogP contribution in [-0.4, -0.2) is 20.5 Å². The molecule has 0 spiro atoms. The second-order valence-electron chi connectivity index (χ2n) is 4.48. The van der Waals surface area contributed by atoms with Crippen LogP contribution in [-0.2, 0) is 5.75 Å². The second kappa shape index (κ2) is 5.45. The van der Waals surface area contributed by atoms with Gasteiger partial charge < -0.3 is 11.5 Å². The summed E-state index contributed by atoms with van der Waals surface area (Å²) in [6.07, 6.45) is 1.91. The summed E-state index contributed by atoms with van der Waals surface area (Å²) < 4.78 is 1.92. The molecular formula is C14H13N5OS. The number of hydrogen-bond acceptors (Lipinski definition) is 5. The molecule has 7 heteroatoms. The van der Waals surface area contributed by atoms with E-state index in [1.807, 2.05) is 34.9 Å². The largest absolute Gasteiger partial charge is 0.398 e. The second-order valence-corrected chi connectivity index (χ2v) is 5.42. The lowest BCUT2D eigenvalue weighted by Gasteiger charge is -2.06. The monoisotopic (exact) mass is 299 g/mol. The fourth-order valence-electron chi connectivity index (χ4n) is 1.94. The van der Waals surface area contributed by atoms with Crippen LogP contribution in [0.2, 0.25) is 0 Å². The number of carbonyl (C=O) groups is 1. The van der Waals surface area contributed by atoms with Crippen LogP contribution in [0.15, 0.2) is 47.8 Å². The smallest absolute Gasteiger partial charge is 0.248 e. The van der Waals surface area contributed by atoms with Crippen LogP contribution in [0.3, 0.4) is 0 Å². The highest BCUT2D eigenvalue weighted by Crippen LogP contribution is 2.25. The molecule has 0 atom stereocenters. The van der Waals surface area contributed by atoms with Crippen LogP contribution in [0.25, 0.3) is 5.65 Å². The van der Waals surface area contributed by atoms with E-state index in [1.54, 1.807) is 12.1 Å². The highest BCUT2D eigenvalue weighted by atomic mass is 32.2. The molecule has 1 aromatic carbocycles. The molecule has 0 bridgehead atoms. The number of pyridine rings is 1. The molecule has 6 nitrogen and oxygen atoms in total. The van der Waals surface area contributed by atoms with Crippen molar-refractivity contribution >= 4 is 29.0 Å². The molecule has 0 radical (unpaired) electrons. The average molecular weight is 299 g/mol. The number of benzene rings is 1. The summed E-state index contributed by atoms with van der Waals surface area (Å²) in [6, 6.07) is 10.8. The van der Waals surface area contributed by atoms with E-state index in [0.717, 1.165) is 16.4 Å². The van der Waals surface area contributed by atoms with Gasteiger partial charge in [0.15, 0.2) is 10.8 Å². The van der Waals surface area contributed by atoms with Gasteiger partial charge in [-0.2, -0.15) is 0 Å². The van der Waals surface area contributed by atoms with Gasteiger partial charge in [-0.25, -0.2) is 0 Å². The Morgan fingerprint density at radius 1 is 1.24 bits per heavy atom. The van der Waals surface area contributed by atoms with E-state index >= 15 is 0 Å². The Balaban J connectivity index is 1.80. The zero-order valence-electron chi connectivity index (χ0n) is 11.1. The summed E-state index contributed by atoms with van der Waals surface area (Å²) in [4.78, 5) is 11.1. The summed E-state index contributed by atoms with van der Waals surface area (Å²) >= 11 is 1.53. The first-order chi connectivity index (χ1) is 10.1. The van der Waals surface area contributed by atoms with E-state index < -0.39 is 5.91 Å². The van der Waals surface area contributed by atoms with Gasteiger partial charge in [0.25, 0.3) is 0 Å². The molecule has 3 rings (SSSR count). The fourth-order valence-corrected chi connectivity index (χ4v) is 2.88. The maximum absolute atomic E-state index is 11.1. The first kappa shape index (κ1) is 13.4. The number of amides is 1. The van der Waals surface area contributed by atoms with Crippen molar-refractivity contribution < 1.29 is 4.79 Å². The molecule has 0 fully saturated rings. The predicted octanol–water partition coefficient (Wildman–Crippen LogP) is 1.70. The molecule has 0 saturated carbocycles. The lowest BCUT2D eigenvalue weighted by atomic mass is 10.1. The molecule has 0 saturated heterocycles. The van der Waals surface area contributed by atoms with Crippen molar-refractivity contribution in [3.63, 3.8) is 0 Å². The van der Waals surface area contributed by atoms with Gasteiger partial charge in [0.05, 0.1) is 0 Å². The standard InChI is InChI=1S/C14H13N5OS/c15-11-7-9(13(16)20)4-5-10(11)8-21-14-18-17-12-3-1-2-6-19(12)14/h1-7H,8,15H2,(H2,16,20). The van der Waals surface area contributed by atoms with E-state index in [-0.39, 0.29) is 0 Å². The quantitative estimate of drug-likeness (QED) is 0.564. The molecule has 0 aliphatic heterocycles. The van der Waals surface area contributed by atoms with E-state index in [0.29, 0.717) is 17.0 Å². The normalized spacial score (nSPS) is 10.9. The highest BCUT2D eigenvalue weighted by molar-refractivity contribution is 7.98. The third kappa shape index (κ3) is 2.68. The van der Waals surface area contributed by atoms with Gasteiger partial charge in [-0.3, -0.25) is 9.20 Å². The van der Waals surface area contributed by atoms with Crippen molar-refractivity contribution in [2.24, 2.45) is 5.73 Å². The zero-order chi connectivity index (χ0) is 14.8. The molecule has 0 aliphatic carbocycles. The van der Waals surface area contributed by atoms with Crippen LogP contribution >= 0.6 is 11.8 Å². The zero-order valence-corrected chi connectivity index (χ0v) is 11.9. The van der Waals surface area contributed by atoms with Crippen molar-refractivity contribution in [1.82, 2.24) is 14.6 Å². The summed E-state index contributed by atoms with van der Waals surface area (Å²) in [5.41, 5.74) is 13.9. The topological polar surface area (TPSA) is 99.3 Å². The minimum atomic E-state index is -0.482. The summed E-state index contributed by atoms with van der Waals surface area (Å²) in [7, 11) is 0. The molecule has 2 aromatic heterocycles. The number of rotatable bonds is 4.